The lowest BCUT2D eigenvalue weighted by Gasteiger charge is -2.36. The van der Waals surface area contributed by atoms with Crippen molar-refractivity contribution in [3.63, 3.8) is 0 Å². The Balaban J connectivity index is 1.95. The summed E-state index contributed by atoms with van der Waals surface area (Å²) in [5, 5.41) is 12.6. The molecule has 1 aromatic carbocycles. The minimum atomic E-state index is -0.631. The Morgan fingerprint density at radius 2 is 2.24 bits per heavy atom. The molecular weight excluding hydrogens is 214 g/mol. The molecule has 2 atom stereocenters. The molecule has 3 nitrogen and oxygen atoms in total. The number of carboxylic acids is 1. The molecule has 0 radical (unpaired) electrons. The number of rotatable bonds is 1. The summed E-state index contributed by atoms with van der Waals surface area (Å²) in [6.45, 7) is 0.899. The van der Waals surface area contributed by atoms with Crippen LogP contribution in [0.2, 0.25) is 0 Å². The quantitative estimate of drug-likeness (QED) is 0.781. The number of aliphatic carboxylic acids is 1. The first-order chi connectivity index (χ1) is 8.21. The van der Waals surface area contributed by atoms with E-state index < -0.39 is 5.97 Å². The molecule has 1 spiro atoms. The number of carbonyl (C=O) groups is 1. The van der Waals surface area contributed by atoms with Crippen molar-refractivity contribution in [1.29, 1.82) is 0 Å². The number of carboxylic acid groups (broad SMARTS) is 1. The molecule has 1 aliphatic heterocycles. The topological polar surface area (TPSA) is 49.3 Å². The predicted molar refractivity (Wildman–Crippen MR) is 66.2 cm³/mol. The molecule has 17 heavy (non-hydrogen) atoms. The molecule has 0 aromatic heterocycles. The average molecular weight is 231 g/mol. The standard InChI is InChI=1S/C14H17NO2/c16-13(17)10-4-3-7-14(8-10)9-15-12-6-2-1-5-11(12)14/h1-2,5-6,10,15H,3-4,7-9H2,(H,16,17). The van der Waals surface area contributed by atoms with Crippen LogP contribution < -0.4 is 5.32 Å². The lowest BCUT2D eigenvalue weighted by Crippen LogP contribution is -2.37. The Bertz CT molecular complexity index is 453. The number of anilines is 1. The van der Waals surface area contributed by atoms with Gasteiger partial charge < -0.3 is 10.4 Å². The van der Waals surface area contributed by atoms with Crippen molar-refractivity contribution >= 4 is 11.7 Å². The second-order valence-corrected chi connectivity index (χ2v) is 5.31. The molecule has 2 aliphatic rings. The third-order valence-corrected chi connectivity index (χ3v) is 4.31. The van der Waals surface area contributed by atoms with Crippen LogP contribution in [-0.2, 0) is 10.2 Å². The summed E-state index contributed by atoms with van der Waals surface area (Å²) in [7, 11) is 0. The third kappa shape index (κ3) is 1.61. The van der Waals surface area contributed by atoms with Gasteiger partial charge >= 0.3 is 5.97 Å². The molecule has 1 aliphatic carbocycles. The molecule has 3 rings (SSSR count). The monoisotopic (exact) mass is 231 g/mol. The number of nitrogens with one attached hydrogen (secondary N) is 1. The van der Waals surface area contributed by atoms with E-state index >= 15 is 0 Å². The molecule has 1 saturated carbocycles. The van der Waals surface area contributed by atoms with Gasteiger partial charge in [0.05, 0.1) is 5.92 Å². The molecule has 1 aromatic rings. The largest absolute Gasteiger partial charge is 0.481 e. The van der Waals surface area contributed by atoms with E-state index in [9.17, 15) is 9.90 Å². The van der Waals surface area contributed by atoms with Gasteiger partial charge in [-0.1, -0.05) is 24.6 Å². The van der Waals surface area contributed by atoms with Gasteiger partial charge in [-0.15, -0.1) is 0 Å². The SMILES string of the molecule is O=C(O)C1CCCC2(CNc3ccccc32)C1. The van der Waals surface area contributed by atoms with Gasteiger partial charge in [-0.2, -0.15) is 0 Å². The molecule has 0 bridgehead atoms. The normalized spacial score (nSPS) is 30.9. The van der Waals surface area contributed by atoms with Gasteiger partial charge in [-0.25, -0.2) is 0 Å². The smallest absolute Gasteiger partial charge is 0.306 e. The zero-order valence-electron chi connectivity index (χ0n) is 9.78. The highest BCUT2D eigenvalue weighted by Crippen LogP contribution is 2.48. The van der Waals surface area contributed by atoms with Gasteiger partial charge in [0.2, 0.25) is 0 Å². The minimum absolute atomic E-state index is 0.0674. The van der Waals surface area contributed by atoms with Gasteiger partial charge in [0.15, 0.2) is 0 Å². The lowest BCUT2D eigenvalue weighted by molar-refractivity contribution is -0.143. The Morgan fingerprint density at radius 1 is 1.41 bits per heavy atom. The van der Waals surface area contributed by atoms with Crippen LogP contribution in [0.3, 0.4) is 0 Å². The number of hydrogen-bond donors (Lipinski definition) is 2. The Kier molecular flexibility index (Phi) is 2.35. The van der Waals surface area contributed by atoms with Gasteiger partial charge in [0, 0.05) is 17.6 Å². The highest BCUT2D eigenvalue weighted by molar-refractivity contribution is 5.71. The minimum Gasteiger partial charge on any atom is -0.481 e. The zero-order valence-corrected chi connectivity index (χ0v) is 9.78. The number of para-hydroxylation sites is 1. The first kappa shape index (κ1) is 10.6. The molecule has 0 amide bonds. The average Bonchev–Trinajstić information content (AvgIpc) is 2.69. The lowest BCUT2D eigenvalue weighted by atomic mass is 9.67. The fourth-order valence-electron chi connectivity index (χ4n) is 3.44. The summed E-state index contributed by atoms with van der Waals surface area (Å²) >= 11 is 0. The maximum Gasteiger partial charge on any atom is 0.306 e. The summed E-state index contributed by atoms with van der Waals surface area (Å²) in [5.41, 5.74) is 2.59. The molecule has 0 saturated heterocycles. The molecule has 1 fully saturated rings. The number of fused-ring (bicyclic) bond motifs is 2. The molecular formula is C14H17NO2. The van der Waals surface area contributed by atoms with Gasteiger partial charge in [0.1, 0.15) is 0 Å². The van der Waals surface area contributed by atoms with E-state index in [1.807, 2.05) is 6.07 Å². The highest BCUT2D eigenvalue weighted by Gasteiger charge is 2.44. The van der Waals surface area contributed by atoms with E-state index in [2.05, 4.69) is 23.5 Å². The van der Waals surface area contributed by atoms with Crippen molar-refractivity contribution in [1.82, 2.24) is 0 Å². The van der Waals surface area contributed by atoms with Crippen molar-refractivity contribution in [3.8, 4) is 0 Å². The van der Waals surface area contributed by atoms with Crippen LogP contribution in [0.5, 0.6) is 0 Å². The van der Waals surface area contributed by atoms with Crippen molar-refractivity contribution in [2.45, 2.75) is 31.1 Å². The summed E-state index contributed by atoms with van der Waals surface area (Å²) in [4.78, 5) is 11.2. The van der Waals surface area contributed by atoms with E-state index in [0.717, 1.165) is 32.2 Å². The molecule has 3 heteroatoms. The molecule has 2 unspecified atom stereocenters. The van der Waals surface area contributed by atoms with Crippen LogP contribution in [-0.4, -0.2) is 17.6 Å². The second-order valence-electron chi connectivity index (χ2n) is 5.31. The van der Waals surface area contributed by atoms with Gasteiger partial charge in [-0.3, -0.25) is 4.79 Å². The van der Waals surface area contributed by atoms with E-state index in [1.54, 1.807) is 0 Å². The summed E-state index contributed by atoms with van der Waals surface area (Å²) in [6.07, 6.45) is 3.75. The predicted octanol–water partition coefficient (Wildman–Crippen LogP) is 2.62. The summed E-state index contributed by atoms with van der Waals surface area (Å²) in [6, 6.07) is 8.33. The molecule has 1 heterocycles. The second kappa shape index (κ2) is 3.76. The van der Waals surface area contributed by atoms with E-state index in [-0.39, 0.29) is 11.3 Å². The van der Waals surface area contributed by atoms with E-state index in [0.29, 0.717) is 0 Å². The van der Waals surface area contributed by atoms with Gasteiger partial charge in [-0.05, 0) is 30.9 Å². The maximum absolute atomic E-state index is 11.2. The van der Waals surface area contributed by atoms with Crippen LogP contribution in [0, 0.1) is 5.92 Å². The van der Waals surface area contributed by atoms with Crippen molar-refractivity contribution in [3.05, 3.63) is 29.8 Å². The summed E-state index contributed by atoms with van der Waals surface area (Å²) in [5.74, 6) is -0.801. The maximum atomic E-state index is 11.2. The van der Waals surface area contributed by atoms with E-state index in [1.165, 1.54) is 11.3 Å². The Labute approximate surface area is 101 Å². The van der Waals surface area contributed by atoms with Crippen LogP contribution in [0.4, 0.5) is 5.69 Å². The fourth-order valence-corrected chi connectivity index (χ4v) is 3.44. The van der Waals surface area contributed by atoms with Crippen LogP contribution in [0.1, 0.15) is 31.2 Å². The van der Waals surface area contributed by atoms with Crippen LogP contribution in [0.25, 0.3) is 0 Å². The first-order valence-corrected chi connectivity index (χ1v) is 6.27. The van der Waals surface area contributed by atoms with Crippen molar-refractivity contribution in [2.24, 2.45) is 5.92 Å². The number of hydrogen-bond acceptors (Lipinski definition) is 2. The van der Waals surface area contributed by atoms with E-state index in [4.69, 9.17) is 0 Å². The molecule has 90 valence electrons. The summed E-state index contributed by atoms with van der Waals surface area (Å²) < 4.78 is 0. The van der Waals surface area contributed by atoms with Gasteiger partial charge in [0.25, 0.3) is 0 Å². The van der Waals surface area contributed by atoms with Crippen LogP contribution >= 0.6 is 0 Å². The fraction of sp³-hybridized carbons (Fsp3) is 0.500. The molecule has 2 N–H and O–H groups in total. The first-order valence-electron chi connectivity index (χ1n) is 6.27. The van der Waals surface area contributed by atoms with Crippen LogP contribution in [0.15, 0.2) is 24.3 Å². The third-order valence-electron chi connectivity index (χ3n) is 4.31. The zero-order chi connectivity index (χ0) is 11.9. The highest BCUT2D eigenvalue weighted by atomic mass is 16.4. The Morgan fingerprint density at radius 3 is 3.06 bits per heavy atom. The van der Waals surface area contributed by atoms with Crippen molar-refractivity contribution < 1.29 is 9.90 Å². The van der Waals surface area contributed by atoms with Crippen molar-refractivity contribution in [2.75, 3.05) is 11.9 Å². The number of benzene rings is 1. The Hall–Kier alpha value is -1.51.